The summed E-state index contributed by atoms with van der Waals surface area (Å²) in [6.45, 7) is 4.88. The Morgan fingerprint density at radius 2 is 1.48 bits per heavy atom. The number of amides is 2. The van der Waals surface area contributed by atoms with Crippen LogP contribution in [0.25, 0.3) is 28.0 Å². The maximum Gasteiger partial charge on any atom is 0.573 e. The number of aromatic nitrogens is 4. The maximum absolute atomic E-state index is 13.9. The van der Waals surface area contributed by atoms with Crippen LogP contribution in [0, 0.1) is 0 Å². The second-order valence-corrected chi connectivity index (χ2v) is 16.3. The van der Waals surface area contributed by atoms with E-state index in [0.717, 1.165) is 6.07 Å². The van der Waals surface area contributed by atoms with E-state index in [1.165, 1.54) is 57.4 Å². The molecule has 2 N–H and O–H groups in total. The van der Waals surface area contributed by atoms with E-state index in [2.05, 4.69) is 36.9 Å². The van der Waals surface area contributed by atoms with E-state index in [9.17, 15) is 22.8 Å². The van der Waals surface area contributed by atoms with Gasteiger partial charge in [-0.1, -0.05) is 41.4 Å². The number of nitrogens with zero attached hydrogens (tertiary/aromatic N) is 6. The first kappa shape index (κ1) is 45.8. The van der Waals surface area contributed by atoms with Gasteiger partial charge in [0.1, 0.15) is 30.1 Å². The van der Waals surface area contributed by atoms with Gasteiger partial charge in [0.05, 0.1) is 72.4 Å². The molecule has 0 aliphatic carbocycles. The number of nitrogens with one attached hydrogen (secondary N) is 2. The molecule has 2 aromatic heterocycles. The zero-order valence-electron chi connectivity index (χ0n) is 35.1. The lowest BCUT2D eigenvalue weighted by molar-refractivity contribution is -0.554. The minimum Gasteiger partial charge on any atom is -0.493 e. The molecule has 2 amide bonds. The number of carbonyl (C=O) groups is 2. The highest BCUT2D eigenvalue weighted by atomic mass is 35.5. The molecule has 0 spiro atoms. The number of ether oxygens (including phenoxy) is 5. The Morgan fingerprint density at radius 3 is 2.17 bits per heavy atom. The van der Waals surface area contributed by atoms with Crippen molar-refractivity contribution in [1.29, 1.82) is 0 Å². The van der Waals surface area contributed by atoms with Crippen LogP contribution < -0.4 is 38.9 Å². The van der Waals surface area contributed by atoms with Gasteiger partial charge in [-0.05, 0) is 61.4 Å². The molecule has 8 rings (SSSR count). The lowest BCUT2D eigenvalue weighted by Crippen LogP contribution is -2.55. The summed E-state index contributed by atoms with van der Waals surface area (Å²) in [6.07, 6.45) is 2.57. The number of piperidine rings is 1. The lowest BCUT2D eigenvalue weighted by Gasteiger charge is -2.38. The molecule has 15 nitrogen and oxygen atoms in total. The van der Waals surface area contributed by atoms with Crippen molar-refractivity contribution in [3.05, 3.63) is 107 Å². The number of carbonyl (C=O) groups excluding carboxylic acids is 2. The van der Waals surface area contributed by atoms with E-state index in [-0.39, 0.29) is 35.2 Å². The Hall–Kier alpha value is -6.76. The van der Waals surface area contributed by atoms with E-state index < -0.39 is 18.2 Å². The summed E-state index contributed by atoms with van der Waals surface area (Å²) in [6, 6.07) is 15.6. The number of fused-ring (bicyclic) bond motifs is 2. The molecule has 2 fully saturated rings. The third-order valence-corrected chi connectivity index (χ3v) is 11.5. The van der Waals surface area contributed by atoms with E-state index in [1.807, 2.05) is 0 Å². The van der Waals surface area contributed by atoms with Gasteiger partial charge in [-0.2, -0.15) is 0 Å². The summed E-state index contributed by atoms with van der Waals surface area (Å²) in [4.78, 5) is 42.7. The van der Waals surface area contributed by atoms with Crippen molar-refractivity contribution in [3.63, 3.8) is 0 Å². The van der Waals surface area contributed by atoms with Crippen molar-refractivity contribution in [2.75, 3.05) is 51.0 Å². The molecule has 0 bridgehead atoms. The summed E-state index contributed by atoms with van der Waals surface area (Å²) in [5.41, 5.74) is 1.91. The molecule has 6 aromatic rings. The van der Waals surface area contributed by atoms with Crippen LogP contribution in [0.1, 0.15) is 12.8 Å². The predicted molar refractivity (Wildman–Crippen MR) is 242 cm³/mol. The highest BCUT2D eigenvalue weighted by molar-refractivity contribution is 6.36. The van der Waals surface area contributed by atoms with Gasteiger partial charge < -0.3 is 38.8 Å². The molecule has 1 unspecified atom stereocenters. The Bertz CT molecular complexity index is 2890. The SMILES string of the molecule is C=CC(=O)N1CC(Oc2cc3c(Nc4ccc(OC(F)(F)F)c(Cl)c4)[n+](/C=C/C(=O)N4CCCC(Oc5cc6c(Nc7ccc(Cl)cc7Cl)ncnc6cc5OC)C4)cnc3cc2OC)C1. The van der Waals surface area contributed by atoms with Crippen LogP contribution in [-0.4, -0.2) is 95.5 Å². The molecule has 2 aliphatic rings. The summed E-state index contributed by atoms with van der Waals surface area (Å²) in [5, 5.41) is 8.15. The largest absolute Gasteiger partial charge is 0.573 e. The standard InChI is InChI=1S/C45H38Cl3F3N8O7/c1-4-41(60)59-21-28(22-59)65-40-17-30-35(19-38(40)63-3)54-24-58(44(30)55-26-8-10-36(32(48)15-26)66-45(49,50)51)13-11-42(61)57-12-5-6-27(20-57)64-39-16-29-34(18-37(39)62-2)52-23-53-43(29)56-33-9-7-25(46)14-31(33)47/h4,7-11,13-19,23-24,27-28H,1,5-6,12,20-22H2,2-3H3,(H,52,53,56)/p+1/b13-11+. The maximum atomic E-state index is 13.9. The number of likely N-dealkylation sites (tertiary alicyclic amines) is 2. The van der Waals surface area contributed by atoms with Gasteiger partial charge in [0.15, 0.2) is 28.5 Å². The first-order valence-corrected chi connectivity index (χ1v) is 21.3. The van der Waals surface area contributed by atoms with E-state index in [4.69, 9.17) is 53.8 Å². The number of hydrogen-bond acceptors (Lipinski definition) is 12. The quantitative estimate of drug-likeness (QED) is 0.0791. The summed E-state index contributed by atoms with van der Waals surface area (Å²) in [7, 11) is 3.00. The second-order valence-electron chi connectivity index (χ2n) is 15.0. The molecule has 4 heterocycles. The van der Waals surface area contributed by atoms with Crippen LogP contribution in [0.15, 0.2) is 92.0 Å². The smallest absolute Gasteiger partial charge is 0.493 e. The van der Waals surface area contributed by atoms with Crippen LogP contribution in [0.5, 0.6) is 28.7 Å². The predicted octanol–water partition coefficient (Wildman–Crippen LogP) is 9.14. The van der Waals surface area contributed by atoms with Gasteiger partial charge in [0.25, 0.3) is 0 Å². The first-order valence-electron chi connectivity index (χ1n) is 20.2. The summed E-state index contributed by atoms with van der Waals surface area (Å²) >= 11 is 18.8. The zero-order chi connectivity index (χ0) is 46.7. The topological polar surface area (TPSA) is 153 Å². The molecule has 21 heteroatoms. The summed E-state index contributed by atoms with van der Waals surface area (Å²) < 4.78 is 68.9. The average molecular weight is 967 g/mol. The first-order chi connectivity index (χ1) is 31.7. The molecule has 2 saturated heterocycles. The third-order valence-electron chi connectivity index (χ3n) is 10.6. The molecular formula is C45H39Cl3F3N8O7+. The van der Waals surface area contributed by atoms with Gasteiger partial charge in [-0.15, -0.1) is 18.2 Å². The van der Waals surface area contributed by atoms with Crippen molar-refractivity contribution in [2.24, 2.45) is 0 Å². The van der Waals surface area contributed by atoms with Crippen LogP contribution in [0.3, 0.4) is 0 Å². The molecule has 0 radical (unpaired) electrons. The number of rotatable bonds is 14. The number of alkyl halides is 3. The molecule has 2 aliphatic heterocycles. The fraction of sp³-hybridized carbons (Fsp3) is 0.244. The highest BCUT2D eigenvalue weighted by Gasteiger charge is 2.34. The number of halogens is 6. The Kier molecular flexibility index (Phi) is 13.4. The highest BCUT2D eigenvalue weighted by Crippen LogP contribution is 2.39. The number of hydrogen-bond donors (Lipinski definition) is 2. The van der Waals surface area contributed by atoms with Crippen molar-refractivity contribution < 1.29 is 51.0 Å². The molecule has 0 saturated carbocycles. The molecule has 342 valence electrons. The molecule has 1 atom stereocenters. The molecule has 66 heavy (non-hydrogen) atoms. The van der Waals surface area contributed by atoms with Gasteiger partial charge in [-0.25, -0.2) is 14.5 Å². The number of benzene rings is 4. The second kappa shape index (κ2) is 19.4. The van der Waals surface area contributed by atoms with Crippen LogP contribution in [-0.2, 0) is 9.59 Å². The van der Waals surface area contributed by atoms with Crippen LogP contribution in [0.2, 0.25) is 15.1 Å². The van der Waals surface area contributed by atoms with Crippen molar-refractivity contribution in [2.45, 2.75) is 31.4 Å². The Labute approximate surface area is 390 Å². The minimum absolute atomic E-state index is 0.221. The van der Waals surface area contributed by atoms with Gasteiger partial charge >= 0.3 is 6.36 Å². The van der Waals surface area contributed by atoms with Crippen molar-refractivity contribution in [1.82, 2.24) is 24.8 Å². The van der Waals surface area contributed by atoms with E-state index in [0.29, 0.717) is 105 Å². The lowest BCUT2D eigenvalue weighted by atomic mass is 10.1. The van der Waals surface area contributed by atoms with Crippen molar-refractivity contribution in [3.8, 4) is 28.7 Å². The average Bonchev–Trinajstić information content (AvgIpc) is 3.28. The van der Waals surface area contributed by atoms with Crippen LogP contribution >= 0.6 is 34.8 Å². The van der Waals surface area contributed by atoms with Gasteiger partial charge in [0.2, 0.25) is 24.0 Å². The van der Waals surface area contributed by atoms with E-state index in [1.54, 1.807) is 56.8 Å². The zero-order valence-corrected chi connectivity index (χ0v) is 37.3. The normalized spacial score (nSPS) is 15.4. The Balaban J connectivity index is 1.06. The monoisotopic (exact) mass is 965 g/mol. The van der Waals surface area contributed by atoms with Gasteiger partial charge in [-0.3, -0.25) is 14.9 Å². The van der Waals surface area contributed by atoms with E-state index >= 15 is 0 Å². The molecule has 4 aromatic carbocycles. The molecular weight excluding hydrogens is 928 g/mol. The number of anilines is 4. The Morgan fingerprint density at radius 1 is 0.788 bits per heavy atom. The van der Waals surface area contributed by atoms with Gasteiger partial charge in [0, 0.05) is 41.2 Å². The summed E-state index contributed by atoms with van der Waals surface area (Å²) in [5.74, 6) is 1.24. The fourth-order valence-corrected chi connectivity index (χ4v) is 8.06. The van der Waals surface area contributed by atoms with Crippen LogP contribution in [0.4, 0.5) is 36.2 Å². The third kappa shape index (κ3) is 10.4. The fourth-order valence-electron chi connectivity index (χ4n) is 7.38. The number of methoxy groups -OCH3 is 2. The van der Waals surface area contributed by atoms with Crippen molar-refractivity contribution >= 4 is 97.6 Å². The minimum atomic E-state index is -4.96.